The molecule has 2 aliphatic heterocycles. The van der Waals surface area contributed by atoms with Gasteiger partial charge in [-0.15, -0.1) is 0 Å². The van der Waals surface area contributed by atoms with Crippen LogP contribution in [0.4, 0.5) is 0 Å². The molecule has 0 N–H and O–H groups in total. The van der Waals surface area contributed by atoms with Crippen molar-refractivity contribution in [3.63, 3.8) is 0 Å². The van der Waals surface area contributed by atoms with Crippen molar-refractivity contribution in [2.45, 2.75) is 32.7 Å². The zero-order valence-electron chi connectivity index (χ0n) is 16.5. The van der Waals surface area contributed by atoms with E-state index < -0.39 is 0 Å². The molecule has 28 heavy (non-hydrogen) atoms. The number of hydrogen-bond donors (Lipinski definition) is 0. The zero-order valence-corrected chi connectivity index (χ0v) is 16.5. The van der Waals surface area contributed by atoms with E-state index in [1.54, 1.807) is 14.2 Å². The highest BCUT2D eigenvalue weighted by atomic mass is 16.7. The summed E-state index contributed by atoms with van der Waals surface area (Å²) in [5.74, 6) is 3.27. The minimum atomic E-state index is 0.300. The number of aromatic nitrogens is 1. The third-order valence-corrected chi connectivity index (χ3v) is 5.74. The molecule has 2 aliphatic rings. The van der Waals surface area contributed by atoms with E-state index in [0.717, 1.165) is 59.6 Å². The van der Waals surface area contributed by atoms with Crippen LogP contribution in [-0.4, -0.2) is 21.0 Å². The number of hydrogen-bond acceptors (Lipinski definition) is 4. The van der Waals surface area contributed by atoms with E-state index in [4.69, 9.17) is 18.9 Å². The van der Waals surface area contributed by atoms with Gasteiger partial charge in [0.25, 0.3) is 0 Å². The number of aryl methyl sites for hydroxylation is 2. The highest BCUT2D eigenvalue weighted by Crippen LogP contribution is 2.42. The van der Waals surface area contributed by atoms with Crippen molar-refractivity contribution in [1.29, 1.82) is 0 Å². The smallest absolute Gasteiger partial charge is 0.231 e. The van der Waals surface area contributed by atoms with E-state index >= 15 is 0 Å². The molecule has 2 aromatic carbocycles. The third kappa shape index (κ3) is 2.42. The van der Waals surface area contributed by atoms with E-state index in [9.17, 15) is 0 Å². The van der Waals surface area contributed by atoms with Gasteiger partial charge in [0, 0.05) is 18.9 Å². The number of fused-ring (bicyclic) bond motifs is 5. The van der Waals surface area contributed by atoms with E-state index in [1.165, 1.54) is 22.5 Å². The average molecular weight is 378 g/mol. The van der Waals surface area contributed by atoms with Gasteiger partial charge in [-0.3, -0.25) is 0 Å². The lowest BCUT2D eigenvalue weighted by Crippen LogP contribution is -2.44. The zero-order chi connectivity index (χ0) is 19.3. The minimum Gasteiger partial charge on any atom is -0.493 e. The highest BCUT2D eigenvalue weighted by Gasteiger charge is 2.32. The summed E-state index contributed by atoms with van der Waals surface area (Å²) in [7, 11) is 3.40. The quantitative estimate of drug-likeness (QED) is 0.643. The maximum atomic E-state index is 5.78. The molecule has 5 heteroatoms. The fraction of sp³-hybridized carbons (Fsp3) is 0.348. The Hall–Kier alpha value is -2.95. The highest BCUT2D eigenvalue weighted by molar-refractivity contribution is 5.94. The lowest BCUT2D eigenvalue weighted by molar-refractivity contribution is -0.693. The van der Waals surface area contributed by atoms with Crippen LogP contribution in [-0.2, 0) is 19.4 Å². The molecule has 0 saturated heterocycles. The molecule has 0 bridgehead atoms. The first kappa shape index (κ1) is 17.2. The van der Waals surface area contributed by atoms with Crippen LogP contribution in [0.1, 0.15) is 24.6 Å². The van der Waals surface area contributed by atoms with Crippen LogP contribution in [0.25, 0.3) is 22.0 Å². The molecule has 0 saturated carbocycles. The maximum Gasteiger partial charge on any atom is 0.231 e. The number of ether oxygens (including phenoxy) is 4. The Balaban J connectivity index is 1.82. The minimum absolute atomic E-state index is 0.300. The summed E-state index contributed by atoms with van der Waals surface area (Å²) in [6.07, 6.45) is 3.01. The van der Waals surface area contributed by atoms with Crippen molar-refractivity contribution in [2.24, 2.45) is 0 Å². The average Bonchev–Trinajstić information content (AvgIpc) is 3.18. The monoisotopic (exact) mass is 378 g/mol. The molecule has 144 valence electrons. The van der Waals surface area contributed by atoms with Gasteiger partial charge < -0.3 is 18.9 Å². The molecule has 0 spiro atoms. The Kier molecular flexibility index (Phi) is 4.04. The molecule has 3 heterocycles. The fourth-order valence-electron chi connectivity index (χ4n) is 4.50. The van der Waals surface area contributed by atoms with Crippen LogP contribution >= 0.6 is 0 Å². The van der Waals surface area contributed by atoms with Crippen molar-refractivity contribution in [3.05, 3.63) is 41.6 Å². The molecule has 0 fully saturated rings. The van der Waals surface area contributed by atoms with Gasteiger partial charge in [-0.2, -0.15) is 4.57 Å². The summed E-state index contributed by atoms with van der Waals surface area (Å²) >= 11 is 0. The Morgan fingerprint density at radius 1 is 1.04 bits per heavy atom. The van der Waals surface area contributed by atoms with Gasteiger partial charge in [0.2, 0.25) is 12.5 Å². The molecule has 0 atom stereocenters. The first-order valence-corrected chi connectivity index (χ1v) is 9.78. The van der Waals surface area contributed by atoms with E-state index in [-0.39, 0.29) is 0 Å². The van der Waals surface area contributed by atoms with Crippen LogP contribution in [0.2, 0.25) is 0 Å². The van der Waals surface area contributed by atoms with Gasteiger partial charge >= 0.3 is 0 Å². The number of pyridine rings is 1. The molecule has 1 aromatic heterocycles. The molecule has 0 unspecified atom stereocenters. The summed E-state index contributed by atoms with van der Waals surface area (Å²) in [6.45, 7) is 3.45. The number of rotatable bonds is 4. The standard InChI is InChI=1S/C23H24NO4/c1-4-5-17-22-15(6-7-19(25-2)23(22)26-3)10-18-16-12-21-20(27-13-28-21)11-14(16)8-9-24(17)18/h6-7,10-12H,4-5,8-9,13H2,1-3H3/q+1. The Bertz CT molecular complexity index is 1090. The molecule has 3 aromatic rings. The number of benzene rings is 2. The van der Waals surface area contributed by atoms with Crippen molar-refractivity contribution in [2.75, 3.05) is 21.0 Å². The predicted octanol–water partition coefficient (Wildman–Crippen LogP) is 4.05. The normalized spacial score (nSPS) is 14.0. The molecule has 0 amide bonds. The topological polar surface area (TPSA) is 40.8 Å². The summed E-state index contributed by atoms with van der Waals surface area (Å²) < 4.78 is 25.0. The van der Waals surface area contributed by atoms with Gasteiger partial charge in [-0.05, 0) is 41.6 Å². The second-order valence-corrected chi connectivity index (χ2v) is 7.26. The van der Waals surface area contributed by atoms with Crippen molar-refractivity contribution in [3.8, 4) is 34.3 Å². The largest absolute Gasteiger partial charge is 0.493 e. The van der Waals surface area contributed by atoms with Gasteiger partial charge in [0.15, 0.2) is 35.2 Å². The van der Waals surface area contributed by atoms with Crippen LogP contribution in [0.15, 0.2) is 30.3 Å². The second-order valence-electron chi connectivity index (χ2n) is 7.26. The van der Waals surface area contributed by atoms with E-state index in [2.05, 4.69) is 35.8 Å². The first-order chi connectivity index (χ1) is 13.7. The lowest BCUT2D eigenvalue weighted by atomic mass is 9.93. The predicted molar refractivity (Wildman–Crippen MR) is 107 cm³/mol. The summed E-state index contributed by atoms with van der Waals surface area (Å²) in [5.41, 5.74) is 5.06. The summed E-state index contributed by atoms with van der Waals surface area (Å²) in [6, 6.07) is 10.6. The van der Waals surface area contributed by atoms with Crippen molar-refractivity contribution >= 4 is 10.8 Å². The second kappa shape index (κ2) is 6.59. The molecule has 5 rings (SSSR count). The van der Waals surface area contributed by atoms with Gasteiger partial charge in [0.1, 0.15) is 0 Å². The molecule has 5 nitrogen and oxygen atoms in total. The summed E-state index contributed by atoms with van der Waals surface area (Å²) in [5, 5.41) is 2.31. The molecule has 0 radical (unpaired) electrons. The SMILES string of the molecule is CCCc1c2c(OC)c(OC)ccc2cc2[n+]1CCc1cc3c(cc1-2)OCO3. The Labute approximate surface area is 164 Å². The lowest BCUT2D eigenvalue weighted by Gasteiger charge is -2.20. The van der Waals surface area contributed by atoms with Crippen molar-refractivity contribution in [1.82, 2.24) is 0 Å². The molecule has 0 aliphatic carbocycles. The first-order valence-electron chi connectivity index (χ1n) is 9.78. The van der Waals surface area contributed by atoms with E-state index in [0.29, 0.717) is 6.79 Å². The molecular weight excluding hydrogens is 354 g/mol. The van der Waals surface area contributed by atoms with Crippen LogP contribution < -0.4 is 23.5 Å². The van der Waals surface area contributed by atoms with E-state index in [1.807, 2.05) is 6.07 Å². The Morgan fingerprint density at radius 3 is 2.61 bits per heavy atom. The maximum absolute atomic E-state index is 5.78. The third-order valence-electron chi connectivity index (χ3n) is 5.74. The van der Waals surface area contributed by atoms with Crippen LogP contribution in [0, 0.1) is 0 Å². The summed E-state index contributed by atoms with van der Waals surface area (Å²) in [4.78, 5) is 0. The van der Waals surface area contributed by atoms with Crippen LogP contribution in [0.3, 0.4) is 0 Å². The number of methoxy groups -OCH3 is 2. The van der Waals surface area contributed by atoms with Gasteiger partial charge in [-0.25, -0.2) is 0 Å². The van der Waals surface area contributed by atoms with Crippen molar-refractivity contribution < 1.29 is 23.5 Å². The molecular formula is C23H24NO4+. The fourth-order valence-corrected chi connectivity index (χ4v) is 4.50. The van der Waals surface area contributed by atoms with Gasteiger partial charge in [0.05, 0.1) is 25.2 Å². The van der Waals surface area contributed by atoms with Crippen LogP contribution in [0.5, 0.6) is 23.0 Å². The Morgan fingerprint density at radius 2 is 1.86 bits per heavy atom. The number of nitrogens with zero attached hydrogens (tertiary/aromatic N) is 1. The van der Waals surface area contributed by atoms with Gasteiger partial charge in [-0.1, -0.05) is 6.92 Å².